The molecular formula is C11H23N. The van der Waals surface area contributed by atoms with Crippen LogP contribution in [0, 0.1) is 5.41 Å². The van der Waals surface area contributed by atoms with Gasteiger partial charge in [-0.1, -0.05) is 27.7 Å². The first kappa shape index (κ1) is 11.7. The highest BCUT2D eigenvalue weighted by molar-refractivity contribution is 5.82. The third-order valence-electron chi connectivity index (χ3n) is 1.33. The van der Waals surface area contributed by atoms with E-state index in [1.807, 2.05) is 0 Å². The van der Waals surface area contributed by atoms with Crippen molar-refractivity contribution in [3.05, 3.63) is 0 Å². The Morgan fingerprint density at radius 3 is 1.75 bits per heavy atom. The Balaban J connectivity index is 0.000000217. The summed E-state index contributed by atoms with van der Waals surface area (Å²) in [6.07, 6.45) is 3.90. The van der Waals surface area contributed by atoms with Gasteiger partial charge in [0.25, 0.3) is 0 Å². The molecule has 0 bridgehead atoms. The minimum atomic E-state index is 0.500. The van der Waals surface area contributed by atoms with Crippen molar-refractivity contribution in [3.8, 4) is 0 Å². The molecule has 1 aliphatic heterocycles. The molecule has 0 amide bonds. The van der Waals surface area contributed by atoms with Crippen LogP contribution >= 0.6 is 0 Å². The van der Waals surface area contributed by atoms with Crippen molar-refractivity contribution in [1.82, 2.24) is 0 Å². The average Bonchev–Trinajstić information content (AvgIpc) is 1.85. The fraction of sp³-hybridized carbons (Fsp3) is 0.909. The van der Waals surface area contributed by atoms with E-state index < -0.39 is 0 Å². The van der Waals surface area contributed by atoms with E-state index >= 15 is 0 Å². The predicted molar refractivity (Wildman–Crippen MR) is 57.0 cm³/mol. The predicted octanol–water partition coefficient (Wildman–Crippen LogP) is 3.68. The average molecular weight is 169 g/mol. The molecule has 1 heteroatoms. The molecule has 0 aromatic carbocycles. The summed E-state index contributed by atoms with van der Waals surface area (Å²) < 4.78 is 0. The van der Waals surface area contributed by atoms with Crippen LogP contribution in [0.25, 0.3) is 0 Å². The molecule has 1 aliphatic rings. The molecule has 0 radical (unpaired) electrons. The molecule has 0 saturated heterocycles. The van der Waals surface area contributed by atoms with E-state index in [9.17, 15) is 0 Å². The number of nitrogens with zero attached hydrogens (tertiary/aromatic N) is 1. The molecule has 0 spiro atoms. The van der Waals surface area contributed by atoms with Gasteiger partial charge in [0.2, 0.25) is 0 Å². The zero-order chi connectivity index (χ0) is 9.61. The Morgan fingerprint density at radius 2 is 1.58 bits per heavy atom. The Hall–Kier alpha value is -0.330. The third kappa shape index (κ3) is 12.4. The fourth-order valence-electron chi connectivity index (χ4n) is 0.842. The van der Waals surface area contributed by atoms with Gasteiger partial charge in [-0.3, -0.25) is 4.99 Å². The molecule has 72 valence electrons. The lowest BCUT2D eigenvalue weighted by Gasteiger charge is -2.05. The molecule has 0 unspecified atom stereocenters. The maximum Gasteiger partial charge on any atom is 0.0388 e. The van der Waals surface area contributed by atoms with Crippen molar-refractivity contribution < 1.29 is 0 Å². The second-order valence-electron chi connectivity index (χ2n) is 5.07. The summed E-state index contributed by atoms with van der Waals surface area (Å²) in [4.78, 5) is 4.25. The molecule has 0 aliphatic carbocycles. The lowest BCUT2D eigenvalue weighted by Crippen LogP contribution is -1.99. The maximum atomic E-state index is 4.25. The first-order chi connectivity index (χ1) is 5.39. The van der Waals surface area contributed by atoms with E-state index in [4.69, 9.17) is 0 Å². The second-order valence-corrected chi connectivity index (χ2v) is 5.07. The topological polar surface area (TPSA) is 12.4 Å². The lowest BCUT2D eigenvalue weighted by atomic mass is 10.0. The minimum Gasteiger partial charge on any atom is -0.294 e. The van der Waals surface area contributed by atoms with Gasteiger partial charge in [0.15, 0.2) is 0 Å². The van der Waals surface area contributed by atoms with Crippen LogP contribution in [-0.4, -0.2) is 12.3 Å². The number of hydrogen-bond donors (Lipinski definition) is 0. The number of rotatable bonds is 0. The number of hydrogen-bond acceptors (Lipinski definition) is 1. The summed E-state index contributed by atoms with van der Waals surface area (Å²) in [6.45, 7) is 11.9. The Labute approximate surface area is 77.3 Å². The summed E-state index contributed by atoms with van der Waals surface area (Å²) in [5, 5.41) is 0. The van der Waals surface area contributed by atoms with Crippen LogP contribution in [0.5, 0.6) is 0 Å². The third-order valence-corrected chi connectivity index (χ3v) is 1.33. The molecular weight excluding hydrogens is 146 g/mol. The Bertz CT molecular complexity index is 134. The zero-order valence-electron chi connectivity index (χ0n) is 9.28. The van der Waals surface area contributed by atoms with Gasteiger partial charge in [0, 0.05) is 12.3 Å². The van der Waals surface area contributed by atoms with Crippen molar-refractivity contribution in [2.45, 2.75) is 53.9 Å². The van der Waals surface area contributed by atoms with E-state index in [0.29, 0.717) is 5.41 Å². The highest BCUT2D eigenvalue weighted by Crippen LogP contribution is 2.08. The monoisotopic (exact) mass is 169 g/mol. The summed E-state index contributed by atoms with van der Waals surface area (Å²) in [7, 11) is 0. The summed E-state index contributed by atoms with van der Waals surface area (Å²) in [5.74, 6) is 0. The largest absolute Gasteiger partial charge is 0.294 e. The normalized spacial score (nSPS) is 17.6. The molecule has 1 nitrogen and oxygen atoms in total. The van der Waals surface area contributed by atoms with E-state index in [-0.39, 0.29) is 0 Å². The summed E-state index contributed by atoms with van der Waals surface area (Å²) in [5.41, 5.74) is 1.84. The van der Waals surface area contributed by atoms with Crippen molar-refractivity contribution in [1.29, 1.82) is 0 Å². The Kier molecular flexibility index (Phi) is 5.19. The molecule has 0 aromatic heterocycles. The quantitative estimate of drug-likeness (QED) is 0.524. The SMILES string of the molecule is CC(C)(C)C.CC1=NCCCC1. The highest BCUT2D eigenvalue weighted by atomic mass is 14.7. The van der Waals surface area contributed by atoms with Crippen molar-refractivity contribution in [2.24, 2.45) is 10.4 Å². The smallest absolute Gasteiger partial charge is 0.0388 e. The molecule has 0 aromatic rings. The van der Waals surface area contributed by atoms with Crippen LogP contribution in [0.2, 0.25) is 0 Å². The first-order valence-corrected chi connectivity index (χ1v) is 4.89. The van der Waals surface area contributed by atoms with Crippen molar-refractivity contribution in [3.63, 3.8) is 0 Å². The second kappa shape index (κ2) is 5.34. The Morgan fingerprint density at radius 1 is 1.08 bits per heavy atom. The van der Waals surface area contributed by atoms with Crippen LogP contribution in [0.3, 0.4) is 0 Å². The van der Waals surface area contributed by atoms with Crippen LogP contribution < -0.4 is 0 Å². The zero-order valence-corrected chi connectivity index (χ0v) is 9.28. The van der Waals surface area contributed by atoms with Gasteiger partial charge in [-0.05, 0) is 31.6 Å². The van der Waals surface area contributed by atoms with Crippen LogP contribution in [0.1, 0.15) is 53.9 Å². The molecule has 0 atom stereocenters. The van der Waals surface area contributed by atoms with Gasteiger partial charge in [-0.25, -0.2) is 0 Å². The van der Waals surface area contributed by atoms with Gasteiger partial charge in [0.05, 0.1) is 0 Å². The molecule has 0 saturated carbocycles. The van der Waals surface area contributed by atoms with E-state index in [2.05, 4.69) is 39.6 Å². The minimum absolute atomic E-state index is 0.500. The van der Waals surface area contributed by atoms with E-state index in [1.54, 1.807) is 0 Å². The maximum absolute atomic E-state index is 4.25. The van der Waals surface area contributed by atoms with Gasteiger partial charge in [-0.2, -0.15) is 0 Å². The van der Waals surface area contributed by atoms with Gasteiger partial charge < -0.3 is 0 Å². The molecule has 0 N–H and O–H groups in total. The van der Waals surface area contributed by atoms with E-state index in [1.165, 1.54) is 25.0 Å². The molecule has 12 heavy (non-hydrogen) atoms. The number of aliphatic imine (C=N–C) groups is 1. The van der Waals surface area contributed by atoms with Gasteiger partial charge in [-0.15, -0.1) is 0 Å². The van der Waals surface area contributed by atoms with Crippen LogP contribution in [0.15, 0.2) is 4.99 Å². The fourth-order valence-corrected chi connectivity index (χ4v) is 0.842. The lowest BCUT2D eigenvalue weighted by molar-refractivity contribution is 0.469. The standard InChI is InChI=1S/C6H11N.C5H12/c1-6-4-2-3-5-7-6;1-5(2,3)4/h2-5H2,1H3;1-4H3. The van der Waals surface area contributed by atoms with Crippen molar-refractivity contribution >= 4 is 5.71 Å². The van der Waals surface area contributed by atoms with Crippen LogP contribution in [0.4, 0.5) is 0 Å². The van der Waals surface area contributed by atoms with Crippen LogP contribution in [-0.2, 0) is 0 Å². The molecule has 0 fully saturated rings. The highest BCUT2D eigenvalue weighted by Gasteiger charge is 1.96. The van der Waals surface area contributed by atoms with Gasteiger partial charge >= 0.3 is 0 Å². The molecule has 1 heterocycles. The van der Waals surface area contributed by atoms with Crippen molar-refractivity contribution in [2.75, 3.05) is 6.54 Å². The first-order valence-electron chi connectivity index (χ1n) is 4.89. The summed E-state index contributed by atoms with van der Waals surface area (Å²) >= 11 is 0. The van der Waals surface area contributed by atoms with Gasteiger partial charge in [0.1, 0.15) is 0 Å². The summed E-state index contributed by atoms with van der Waals surface area (Å²) in [6, 6.07) is 0. The van der Waals surface area contributed by atoms with E-state index in [0.717, 1.165) is 6.54 Å². The molecule has 1 rings (SSSR count).